The average molecular weight is 181 g/mol. The van der Waals surface area contributed by atoms with Gasteiger partial charge in [-0.2, -0.15) is 0 Å². The van der Waals surface area contributed by atoms with Crippen molar-refractivity contribution in [1.82, 2.24) is 14.7 Å². The molecule has 3 nitrogen and oxygen atoms in total. The summed E-state index contributed by atoms with van der Waals surface area (Å²) in [6, 6.07) is 2.64. The first-order chi connectivity index (χ1) is 6.24. The van der Waals surface area contributed by atoms with E-state index in [9.17, 15) is 0 Å². The van der Waals surface area contributed by atoms with Crippen molar-refractivity contribution in [3.05, 3.63) is 0 Å². The third kappa shape index (κ3) is 1.14. The second kappa shape index (κ2) is 2.69. The van der Waals surface area contributed by atoms with Gasteiger partial charge in [0.1, 0.15) is 0 Å². The Balaban J connectivity index is 1.58. The maximum atomic E-state index is 2.71. The summed E-state index contributed by atoms with van der Waals surface area (Å²) in [6.45, 7) is 5.24. The molecule has 0 radical (unpaired) electrons. The van der Waals surface area contributed by atoms with Crippen molar-refractivity contribution in [2.75, 3.05) is 40.3 Å². The van der Waals surface area contributed by atoms with Gasteiger partial charge in [0.05, 0.1) is 0 Å². The maximum Gasteiger partial charge on any atom is 0.0351 e. The van der Waals surface area contributed by atoms with Crippen molar-refractivity contribution >= 4 is 0 Å². The molecule has 3 heteroatoms. The lowest BCUT2D eigenvalue weighted by molar-refractivity contribution is -0.0876. The Kier molecular flexibility index (Phi) is 1.70. The third-order valence-electron chi connectivity index (χ3n) is 4.15. The average Bonchev–Trinajstić information content (AvgIpc) is 2.12. The molecule has 74 valence electrons. The van der Waals surface area contributed by atoms with E-state index in [-0.39, 0.29) is 0 Å². The highest BCUT2D eigenvalue weighted by atomic mass is 15.4. The molecule has 0 aromatic carbocycles. The summed E-state index contributed by atoms with van der Waals surface area (Å²) in [5, 5.41) is 0. The first kappa shape index (κ1) is 8.21. The van der Waals surface area contributed by atoms with Crippen LogP contribution in [0.25, 0.3) is 0 Å². The van der Waals surface area contributed by atoms with Crippen LogP contribution in [-0.4, -0.2) is 73.1 Å². The molecule has 4 saturated heterocycles. The summed E-state index contributed by atoms with van der Waals surface area (Å²) in [5.74, 6) is 0. The number of hydrogen-bond donors (Lipinski definition) is 0. The first-order valence-corrected chi connectivity index (χ1v) is 5.38. The van der Waals surface area contributed by atoms with E-state index >= 15 is 0 Å². The molecule has 4 aliphatic rings. The SMILES string of the molecule is CN1CC(N2CC3CC(C2)N3C)C1. The Morgan fingerprint density at radius 1 is 0.846 bits per heavy atom. The van der Waals surface area contributed by atoms with Crippen LogP contribution in [0.2, 0.25) is 0 Å². The maximum absolute atomic E-state index is 2.71. The van der Waals surface area contributed by atoms with Crippen LogP contribution in [0.1, 0.15) is 6.42 Å². The second-order valence-corrected chi connectivity index (χ2v) is 5.04. The quantitative estimate of drug-likeness (QED) is 0.549. The molecule has 2 unspecified atom stereocenters. The summed E-state index contributed by atoms with van der Waals surface area (Å²) in [7, 11) is 4.50. The Hall–Kier alpha value is -0.120. The van der Waals surface area contributed by atoms with Crippen molar-refractivity contribution in [3.63, 3.8) is 0 Å². The molecule has 2 bridgehead atoms. The molecule has 0 spiro atoms. The monoisotopic (exact) mass is 181 g/mol. The van der Waals surface area contributed by atoms with Crippen molar-refractivity contribution in [2.24, 2.45) is 0 Å². The fourth-order valence-corrected chi connectivity index (χ4v) is 3.02. The number of piperidine rings is 1. The van der Waals surface area contributed by atoms with Crippen LogP contribution in [0.3, 0.4) is 0 Å². The number of likely N-dealkylation sites (N-methyl/N-ethyl adjacent to an activating group) is 2. The molecule has 4 heterocycles. The zero-order chi connectivity index (χ0) is 9.00. The van der Waals surface area contributed by atoms with Gasteiger partial charge >= 0.3 is 0 Å². The van der Waals surface area contributed by atoms with Crippen LogP contribution in [0, 0.1) is 0 Å². The van der Waals surface area contributed by atoms with E-state index < -0.39 is 0 Å². The molecule has 4 rings (SSSR count). The zero-order valence-electron chi connectivity index (χ0n) is 8.61. The van der Waals surface area contributed by atoms with Gasteiger partial charge in [0.15, 0.2) is 0 Å². The number of hydrogen-bond acceptors (Lipinski definition) is 3. The van der Waals surface area contributed by atoms with Gasteiger partial charge in [0.2, 0.25) is 0 Å². The minimum Gasteiger partial charge on any atom is -0.303 e. The third-order valence-corrected chi connectivity index (χ3v) is 4.15. The molecule has 4 fully saturated rings. The minimum absolute atomic E-state index is 0.879. The smallest absolute Gasteiger partial charge is 0.0351 e. The molecule has 0 aliphatic carbocycles. The predicted molar refractivity (Wildman–Crippen MR) is 52.8 cm³/mol. The lowest BCUT2D eigenvalue weighted by Gasteiger charge is -2.58. The molecule has 0 N–H and O–H groups in total. The van der Waals surface area contributed by atoms with E-state index in [1.807, 2.05) is 0 Å². The van der Waals surface area contributed by atoms with E-state index in [0.29, 0.717) is 0 Å². The number of nitrogens with zero attached hydrogens (tertiary/aromatic N) is 3. The topological polar surface area (TPSA) is 9.72 Å². The van der Waals surface area contributed by atoms with Gasteiger partial charge in [-0.1, -0.05) is 0 Å². The molecule has 13 heavy (non-hydrogen) atoms. The summed E-state index contributed by atoms with van der Waals surface area (Å²) in [6.07, 6.45) is 1.45. The van der Waals surface area contributed by atoms with Crippen LogP contribution in [0.15, 0.2) is 0 Å². The van der Waals surface area contributed by atoms with E-state index in [2.05, 4.69) is 28.8 Å². The predicted octanol–water partition coefficient (Wildman–Crippen LogP) is -0.311. The van der Waals surface area contributed by atoms with Gasteiger partial charge < -0.3 is 4.90 Å². The number of fused-ring (bicyclic) bond motifs is 2. The fourth-order valence-electron chi connectivity index (χ4n) is 3.02. The number of likely N-dealkylation sites (tertiary alicyclic amines) is 1. The second-order valence-electron chi connectivity index (χ2n) is 5.04. The van der Waals surface area contributed by atoms with Gasteiger partial charge in [0, 0.05) is 44.3 Å². The van der Waals surface area contributed by atoms with Crippen LogP contribution in [0.5, 0.6) is 0 Å². The van der Waals surface area contributed by atoms with Crippen molar-refractivity contribution in [2.45, 2.75) is 24.5 Å². The lowest BCUT2D eigenvalue weighted by atomic mass is 9.87. The minimum atomic E-state index is 0.879. The van der Waals surface area contributed by atoms with Crippen molar-refractivity contribution in [1.29, 1.82) is 0 Å². The van der Waals surface area contributed by atoms with E-state index in [1.165, 1.54) is 32.6 Å². The Morgan fingerprint density at radius 3 is 1.92 bits per heavy atom. The van der Waals surface area contributed by atoms with E-state index in [4.69, 9.17) is 0 Å². The Bertz CT molecular complexity index is 200. The van der Waals surface area contributed by atoms with Gasteiger partial charge in [-0.3, -0.25) is 9.80 Å². The summed E-state index contributed by atoms with van der Waals surface area (Å²) >= 11 is 0. The molecule has 2 atom stereocenters. The highest BCUT2D eigenvalue weighted by Crippen LogP contribution is 2.32. The molecule has 4 aliphatic heterocycles. The van der Waals surface area contributed by atoms with Gasteiger partial charge in [-0.05, 0) is 20.5 Å². The molecular weight excluding hydrogens is 162 g/mol. The molecule has 0 amide bonds. The lowest BCUT2D eigenvalue weighted by Crippen LogP contribution is -2.72. The first-order valence-electron chi connectivity index (χ1n) is 5.38. The summed E-state index contributed by atoms with van der Waals surface area (Å²) in [4.78, 5) is 7.67. The normalized spacial score (nSPS) is 42.9. The van der Waals surface area contributed by atoms with Gasteiger partial charge in [0.25, 0.3) is 0 Å². The molecule has 0 aromatic rings. The highest BCUT2D eigenvalue weighted by Gasteiger charge is 2.45. The molecule has 0 saturated carbocycles. The highest BCUT2D eigenvalue weighted by molar-refractivity contribution is 5.02. The Labute approximate surface area is 80.3 Å². The number of piperazine rings is 1. The van der Waals surface area contributed by atoms with Crippen molar-refractivity contribution in [3.8, 4) is 0 Å². The standard InChI is InChI=1S/C10H19N3/c1-11-4-10(5-11)13-6-8-3-9(7-13)12(8)2/h8-10H,3-7H2,1-2H3. The van der Waals surface area contributed by atoms with Crippen LogP contribution < -0.4 is 0 Å². The summed E-state index contributed by atoms with van der Waals surface area (Å²) < 4.78 is 0. The summed E-state index contributed by atoms with van der Waals surface area (Å²) in [5.41, 5.74) is 0. The zero-order valence-corrected chi connectivity index (χ0v) is 8.61. The molecular formula is C10H19N3. The van der Waals surface area contributed by atoms with Crippen LogP contribution >= 0.6 is 0 Å². The fraction of sp³-hybridized carbons (Fsp3) is 1.00. The molecule has 0 aromatic heterocycles. The van der Waals surface area contributed by atoms with Crippen molar-refractivity contribution < 1.29 is 0 Å². The number of rotatable bonds is 1. The van der Waals surface area contributed by atoms with E-state index in [0.717, 1.165) is 18.1 Å². The Morgan fingerprint density at radius 2 is 1.46 bits per heavy atom. The van der Waals surface area contributed by atoms with Gasteiger partial charge in [-0.25, -0.2) is 0 Å². The van der Waals surface area contributed by atoms with Crippen LogP contribution in [-0.2, 0) is 0 Å². The van der Waals surface area contributed by atoms with E-state index in [1.54, 1.807) is 0 Å². The van der Waals surface area contributed by atoms with Gasteiger partial charge in [-0.15, -0.1) is 0 Å². The van der Waals surface area contributed by atoms with Crippen LogP contribution in [0.4, 0.5) is 0 Å². The largest absolute Gasteiger partial charge is 0.303 e.